The number of carboxylic acid groups (broad SMARTS) is 1. The van der Waals surface area contributed by atoms with Gasteiger partial charge in [0.25, 0.3) is 0 Å². The van der Waals surface area contributed by atoms with Crippen molar-refractivity contribution in [2.24, 2.45) is 17.6 Å². The number of aliphatic carboxylic acids is 1. The highest BCUT2D eigenvalue weighted by Crippen LogP contribution is 2.39. The molecule has 7 heteroatoms. The van der Waals surface area contributed by atoms with Crippen LogP contribution in [0.4, 0.5) is 0 Å². The molecule has 21 heavy (non-hydrogen) atoms. The van der Waals surface area contributed by atoms with Crippen molar-refractivity contribution < 1.29 is 19.9 Å². The van der Waals surface area contributed by atoms with E-state index in [9.17, 15) is 9.90 Å². The summed E-state index contributed by atoms with van der Waals surface area (Å²) in [5, 5.41) is 27.5. The lowest BCUT2D eigenvalue weighted by Crippen LogP contribution is -2.59. The third-order valence-electron chi connectivity index (χ3n) is 5.19. The Morgan fingerprint density at radius 2 is 1.95 bits per heavy atom. The van der Waals surface area contributed by atoms with Crippen LogP contribution in [-0.2, 0) is 4.79 Å². The Morgan fingerprint density at radius 3 is 2.52 bits per heavy atom. The molecule has 2 rings (SSSR count). The second kappa shape index (κ2) is 7.09. The van der Waals surface area contributed by atoms with Gasteiger partial charge in [-0.25, -0.2) is 0 Å². The Morgan fingerprint density at radius 1 is 1.29 bits per heavy atom. The fraction of sp³-hybridized carbons (Fsp3) is 0.929. The quantitative estimate of drug-likeness (QED) is 0.520. The molecule has 120 valence electrons. The first-order valence-corrected chi connectivity index (χ1v) is 8.02. The molecule has 0 bridgehead atoms. The SMILES string of the molecule is N[C@]1(C(=O)O)C[C@H](CCB(O)O)CC[C@H]1CN1CCCC1. The molecular weight excluding hydrogens is 271 g/mol. The fourth-order valence-electron chi connectivity index (χ4n) is 3.87. The van der Waals surface area contributed by atoms with Crippen LogP contribution in [0.2, 0.25) is 6.32 Å². The molecule has 5 N–H and O–H groups in total. The summed E-state index contributed by atoms with van der Waals surface area (Å²) in [6.07, 6.45) is 5.47. The smallest absolute Gasteiger partial charge is 0.451 e. The molecule has 1 aliphatic heterocycles. The first-order valence-electron chi connectivity index (χ1n) is 8.02. The molecule has 3 atom stereocenters. The molecule has 1 heterocycles. The predicted octanol–water partition coefficient (Wildman–Crippen LogP) is 0.143. The van der Waals surface area contributed by atoms with Crippen molar-refractivity contribution >= 4 is 13.1 Å². The molecule has 1 aliphatic carbocycles. The standard InChI is InChI=1S/C14H27BN2O4/c16-14(13(18)19)9-11(5-6-15(20)21)3-4-12(14)10-17-7-1-2-8-17/h11-12,20-21H,1-10,16H2,(H,18,19)/t11-,12-,14+/m0/s1. The van der Waals surface area contributed by atoms with Gasteiger partial charge in [0.05, 0.1) is 0 Å². The van der Waals surface area contributed by atoms with Crippen LogP contribution in [0.15, 0.2) is 0 Å². The molecule has 1 saturated carbocycles. The van der Waals surface area contributed by atoms with E-state index in [0.717, 1.165) is 32.5 Å². The van der Waals surface area contributed by atoms with Crippen LogP contribution in [-0.4, -0.2) is 58.3 Å². The Balaban J connectivity index is 1.97. The van der Waals surface area contributed by atoms with Gasteiger partial charge in [-0.3, -0.25) is 4.79 Å². The molecule has 0 radical (unpaired) electrons. The number of hydrogen-bond acceptors (Lipinski definition) is 5. The minimum absolute atomic E-state index is 0.0107. The number of carboxylic acids is 1. The number of nitrogens with zero attached hydrogens (tertiary/aromatic N) is 1. The maximum Gasteiger partial charge on any atom is 0.451 e. The lowest BCUT2D eigenvalue weighted by molar-refractivity contribution is -0.148. The Bertz CT molecular complexity index is 363. The predicted molar refractivity (Wildman–Crippen MR) is 80.7 cm³/mol. The molecule has 0 aromatic rings. The van der Waals surface area contributed by atoms with Gasteiger partial charge in [0.2, 0.25) is 0 Å². The highest BCUT2D eigenvalue weighted by atomic mass is 16.4. The van der Waals surface area contributed by atoms with Crippen LogP contribution in [0.5, 0.6) is 0 Å². The topological polar surface area (TPSA) is 107 Å². The summed E-state index contributed by atoms with van der Waals surface area (Å²) in [6.45, 7) is 2.87. The van der Waals surface area contributed by atoms with Gasteiger partial charge < -0.3 is 25.8 Å². The van der Waals surface area contributed by atoms with Gasteiger partial charge in [-0.15, -0.1) is 0 Å². The zero-order valence-electron chi connectivity index (χ0n) is 12.6. The second-order valence-corrected chi connectivity index (χ2v) is 6.76. The van der Waals surface area contributed by atoms with Crippen molar-refractivity contribution in [1.29, 1.82) is 0 Å². The van der Waals surface area contributed by atoms with Crippen LogP contribution in [0.1, 0.15) is 38.5 Å². The zero-order valence-corrected chi connectivity index (χ0v) is 12.6. The van der Waals surface area contributed by atoms with E-state index in [4.69, 9.17) is 15.8 Å². The minimum atomic E-state index is -1.32. The summed E-state index contributed by atoms with van der Waals surface area (Å²) in [4.78, 5) is 14.0. The van der Waals surface area contributed by atoms with E-state index in [1.54, 1.807) is 0 Å². The monoisotopic (exact) mass is 298 g/mol. The number of carbonyl (C=O) groups is 1. The molecule has 0 aromatic heterocycles. The van der Waals surface area contributed by atoms with Crippen LogP contribution in [0.25, 0.3) is 0 Å². The first-order chi connectivity index (χ1) is 9.91. The highest BCUT2D eigenvalue weighted by molar-refractivity contribution is 6.40. The van der Waals surface area contributed by atoms with Crippen molar-refractivity contribution in [1.82, 2.24) is 4.90 Å². The first kappa shape index (κ1) is 16.7. The lowest BCUT2D eigenvalue weighted by Gasteiger charge is -2.43. The van der Waals surface area contributed by atoms with E-state index in [0.29, 0.717) is 12.8 Å². The van der Waals surface area contributed by atoms with Crippen molar-refractivity contribution in [3.8, 4) is 0 Å². The maximum absolute atomic E-state index is 11.7. The summed E-state index contributed by atoms with van der Waals surface area (Å²) in [5.41, 5.74) is 5.10. The largest absolute Gasteiger partial charge is 0.480 e. The molecule has 0 spiro atoms. The number of hydrogen-bond donors (Lipinski definition) is 4. The van der Waals surface area contributed by atoms with Crippen LogP contribution in [0, 0.1) is 11.8 Å². The zero-order chi connectivity index (χ0) is 15.5. The maximum atomic E-state index is 11.7. The minimum Gasteiger partial charge on any atom is -0.480 e. The van der Waals surface area contributed by atoms with Gasteiger partial charge in [-0.2, -0.15) is 0 Å². The summed E-state index contributed by atoms with van der Waals surface area (Å²) in [6, 6.07) is 0. The third kappa shape index (κ3) is 4.19. The molecule has 0 unspecified atom stereocenters. The molecule has 6 nitrogen and oxygen atoms in total. The van der Waals surface area contributed by atoms with Crippen molar-refractivity contribution in [3.63, 3.8) is 0 Å². The van der Waals surface area contributed by atoms with Gasteiger partial charge in [-0.05, 0) is 57.4 Å². The van der Waals surface area contributed by atoms with Gasteiger partial charge in [0.15, 0.2) is 0 Å². The van der Waals surface area contributed by atoms with Crippen molar-refractivity contribution in [2.75, 3.05) is 19.6 Å². The van der Waals surface area contributed by atoms with Crippen molar-refractivity contribution in [3.05, 3.63) is 0 Å². The average Bonchev–Trinajstić information content (AvgIpc) is 2.92. The molecule has 1 saturated heterocycles. The Hall–Kier alpha value is -0.625. The molecule has 0 aromatic carbocycles. The van der Waals surface area contributed by atoms with Crippen molar-refractivity contribution in [2.45, 2.75) is 50.4 Å². The second-order valence-electron chi connectivity index (χ2n) is 6.76. The summed E-state index contributed by atoms with van der Waals surface area (Å²) in [7, 11) is -1.32. The van der Waals surface area contributed by atoms with E-state index >= 15 is 0 Å². The molecule has 2 fully saturated rings. The normalized spacial score (nSPS) is 34.0. The van der Waals surface area contributed by atoms with E-state index < -0.39 is 18.6 Å². The third-order valence-corrected chi connectivity index (χ3v) is 5.19. The van der Waals surface area contributed by atoms with Crippen LogP contribution in [0.3, 0.4) is 0 Å². The molecule has 0 amide bonds. The summed E-state index contributed by atoms with van der Waals surface area (Å²) < 4.78 is 0. The van der Waals surface area contributed by atoms with E-state index in [1.165, 1.54) is 12.8 Å². The fourth-order valence-corrected chi connectivity index (χ4v) is 3.87. The van der Waals surface area contributed by atoms with Crippen LogP contribution < -0.4 is 5.73 Å². The average molecular weight is 298 g/mol. The molecular formula is C14H27BN2O4. The van der Waals surface area contributed by atoms with E-state index in [2.05, 4.69) is 4.90 Å². The summed E-state index contributed by atoms with van der Waals surface area (Å²) in [5.74, 6) is -0.757. The Labute approximate surface area is 126 Å². The van der Waals surface area contributed by atoms with Gasteiger partial charge in [-0.1, -0.05) is 6.42 Å². The van der Waals surface area contributed by atoms with Gasteiger partial charge >= 0.3 is 13.1 Å². The molecule has 2 aliphatic rings. The van der Waals surface area contributed by atoms with Gasteiger partial charge in [0.1, 0.15) is 5.54 Å². The highest BCUT2D eigenvalue weighted by Gasteiger charge is 2.47. The lowest BCUT2D eigenvalue weighted by atomic mass is 9.66. The summed E-state index contributed by atoms with van der Waals surface area (Å²) >= 11 is 0. The van der Waals surface area contributed by atoms with Gasteiger partial charge in [0, 0.05) is 12.5 Å². The number of rotatable bonds is 6. The van der Waals surface area contributed by atoms with Crippen LogP contribution >= 0.6 is 0 Å². The number of nitrogens with two attached hydrogens (primary N) is 1. The Kier molecular flexibility index (Phi) is 5.65. The number of likely N-dealkylation sites (tertiary alicyclic amines) is 1. The van der Waals surface area contributed by atoms with E-state index in [1.807, 2.05) is 0 Å². The van der Waals surface area contributed by atoms with E-state index in [-0.39, 0.29) is 18.2 Å².